The van der Waals surface area contributed by atoms with Gasteiger partial charge in [0.1, 0.15) is 12.1 Å². The Morgan fingerprint density at radius 2 is 1.76 bits per heavy atom. The molecule has 0 atom stereocenters. The lowest BCUT2D eigenvalue weighted by Crippen LogP contribution is -2.42. The molecule has 162 valence electrons. The minimum absolute atomic E-state index is 0.00447. The molecule has 3 amide bonds. The molecule has 0 bridgehead atoms. The van der Waals surface area contributed by atoms with E-state index in [-0.39, 0.29) is 24.5 Å². The highest BCUT2D eigenvalue weighted by Gasteiger charge is 2.23. The van der Waals surface area contributed by atoms with Crippen molar-refractivity contribution in [3.63, 3.8) is 0 Å². The van der Waals surface area contributed by atoms with E-state index in [4.69, 9.17) is 4.74 Å². The summed E-state index contributed by atoms with van der Waals surface area (Å²) in [6.45, 7) is 9.91. The van der Waals surface area contributed by atoms with Gasteiger partial charge >= 0.3 is 12.0 Å². The summed E-state index contributed by atoms with van der Waals surface area (Å²) in [5.41, 5.74) is 0.259. The third kappa shape index (κ3) is 9.94. The maximum absolute atomic E-state index is 13.0. The first-order valence-electron chi connectivity index (χ1n) is 9.71. The highest BCUT2D eigenvalue weighted by Crippen LogP contribution is 2.14. The van der Waals surface area contributed by atoms with E-state index in [2.05, 4.69) is 10.6 Å². The lowest BCUT2D eigenvalue weighted by atomic mass is 10.1. The summed E-state index contributed by atoms with van der Waals surface area (Å²) in [6, 6.07) is 6.30. The van der Waals surface area contributed by atoms with Gasteiger partial charge in [-0.1, -0.05) is 6.07 Å². The summed E-state index contributed by atoms with van der Waals surface area (Å²) >= 11 is 0. The molecule has 0 saturated carbocycles. The van der Waals surface area contributed by atoms with Gasteiger partial charge in [-0.05, 0) is 66.9 Å². The molecule has 1 rings (SSSR count). The molecule has 0 heterocycles. The zero-order valence-electron chi connectivity index (χ0n) is 18.5. The number of hydrogen-bond acceptors (Lipinski definition) is 5. The Kier molecular flexibility index (Phi) is 9.10. The highest BCUT2D eigenvalue weighted by atomic mass is 16.6. The van der Waals surface area contributed by atoms with Crippen LogP contribution in [0.15, 0.2) is 24.3 Å². The SMILES string of the molecule is CC(C)NC(=O)Nc1cccc(C(=O)N(CCN(C)C)CC(=O)OC(C)(C)C)c1. The number of ether oxygens (including phenoxy) is 1. The smallest absolute Gasteiger partial charge is 0.326 e. The number of benzene rings is 1. The minimum atomic E-state index is -0.624. The Morgan fingerprint density at radius 3 is 2.31 bits per heavy atom. The van der Waals surface area contributed by atoms with Crippen LogP contribution in [0, 0.1) is 0 Å². The number of rotatable bonds is 8. The Hall–Kier alpha value is -2.61. The molecule has 0 aliphatic rings. The van der Waals surface area contributed by atoms with Crippen molar-refractivity contribution in [2.45, 2.75) is 46.3 Å². The number of esters is 1. The molecule has 8 heteroatoms. The number of hydrogen-bond donors (Lipinski definition) is 2. The Morgan fingerprint density at radius 1 is 1.10 bits per heavy atom. The van der Waals surface area contributed by atoms with Gasteiger partial charge in [0.25, 0.3) is 5.91 Å². The Bertz CT molecular complexity index is 711. The molecule has 2 N–H and O–H groups in total. The first kappa shape index (κ1) is 24.4. The predicted molar refractivity (Wildman–Crippen MR) is 114 cm³/mol. The van der Waals surface area contributed by atoms with Gasteiger partial charge in [-0.25, -0.2) is 4.79 Å². The summed E-state index contributed by atoms with van der Waals surface area (Å²) in [4.78, 5) is 40.6. The number of likely N-dealkylation sites (N-methyl/N-ethyl adjacent to an activating group) is 1. The highest BCUT2D eigenvalue weighted by molar-refractivity contribution is 5.98. The second-order valence-corrected chi connectivity index (χ2v) is 8.45. The topological polar surface area (TPSA) is 91.0 Å². The molecule has 1 aromatic carbocycles. The van der Waals surface area contributed by atoms with Crippen molar-refractivity contribution < 1.29 is 19.1 Å². The molecule has 8 nitrogen and oxygen atoms in total. The molecule has 0 unspecified atom stereocenters. The summed E-state index contributed by atoms with van der Waals surface area (Å²) < 4.78 is 5.36. The van der Waals surface area contributed by atoms with Gasteiger partial charge in [-0.15, -0.1) is 0 Å². The van der Waals surface area contributed by atoms with E-state index in [0.717, 1.165) is 0 Å². The van der Waals surface area contributed by atoms with Gasteiger partial charge in [0, 0.05) is 30.4 Å². The molecular formula is C21H34N4O4. The van der Waals surface area contributed by atoms with Crippen LogP contribution in [0.25, 0.3) is 0 Å². The second kappa shape index (κ2) is 10.8. The third-order valence-electron chi connectivity index (χ3n) is 3.63. The summed E-state index contributed by atoms with van der Waals surface area (Å²) in [6.07, 6.45) is 0. The maximum Gasteiger partial charge on any atom is 0.326 e. The molecule has 29 heavy (non-hydrogen) atoms. The molecule has 0 spiro atoms. The van der Waals surface area contributed by atoms with E-state index < -0.39 is 11.6 Å². The van der Waals surface area contributed by atoms with E-state index >= 15 is 0 Å². The second-order valence-electron chi connectivity index (χ2n) is 8.45. The first-order chi connectivity index (χ1) is 13.4. The zero-order chi connectivity index (χ0) is 22.2. The van der Waals surface area contributed by atoms with Crippen LogP contribution in [-0.2, 0) is 9.53 Å². The van der Waals surface area contributed by atoms with Crippen LogP contribution in [0.5, 0.6) is 0 Å². The minimum Gasteiger partial charge on any atom is -0.459 e. The summed E-state index contributed by atoms with van der Waals surface area (Å²) in [5, 5.41) is 5.44. The maximum atomic E-state index is 13.0. The summed E-state index contributed by atoms with van der Waals surface area (Å²) in [5.74, 6) is -0.763. The van der Waals surface area contributed by atoms with Crippen LogP contribution < -0.4 is 10.6 Å². The van der Waals surface area contributed by atoms with Crippen molar-refractivity contribution in [1.29, 1.82) is 0 Å². The lowest BCUT2D eigenvalue weighted by molar-refractivity contribution is -0.155. The van der Waals surface area contributed by atoms with E-state index in [9.17, 15) is 14.4 Å². The fraction of sp³-hybridized carbons (Fsp3) is 0.571. The molecule has 0 fully saturated rings. The van der Waals surface area contributed by atoms with E-state index in [1.165, 1.54) is 4.90 Å². The van der Waals surface area contributed by atoms with Crippen LogP contribution in [0.2, 0.25) is 0 Å². The number of nitrogens with one attached hydrogen (secondary N) is 2. The monoisotopic (exact) mass is 406 g/mol. The van der Waals surface area contributed by atoms with Gasteiger partial charge in [0.2, 0.25) is 0 Å². The number of anilines is 1. The van der Waals surface area contributed by atoms with Crippen molar-refractivity contribution in [1.82, 2.24) is 15.1 Å². The van der Waals surface area contributed by atoms with Crippen molar-refractivity contribution in [2.75, 3.05) is 39.0 Å². The zero-order valence-corrected chi connectivity index (χ0v) is 18.5. The number of nitrogens with zero attached hydrogens (tertiary/aromatic N) is 2. The van der Waals surface area contributed by atoms with E-state index in [1.807, 2.05) is 32.8 Å². The molecular weight excluding hydrogens is 372 g/mol. The first-order valence-corrected chi connectivity index (χ1v) is 9.71. The van der Waals surface area contributed by atoms with Crippen molar-refractivity contribution in [3.8, 4) is 0 Å². The predicted octanol–water partition coefficient (Wildman–Crippen LogP) is 2.56. The lowest BCUT2D eigenvalue weighted by Gasteiger charge is -2.26. The molecule has 0 radical (unpaired) electrons. The third-order valence-corrected chi connectivity index (χ3v) is 3.63. The number of amides is 3. The summed E-state index contributed by atoms with van der Waals surface area (Å²) in [7, 11) is 3.79. The van der Waals surface area contributed by atoms with Gasteiger partial charge in [-0.3, -0.25) is 9.59 Å². The van der Waals surface area contributed by atoms with Crippen LogP contribution in [0.1, 0.15) is 45.0 Å². The molecule has 0 aliphatic heterocycles. The Labute approximate surface area is 173 Å². The van der Waals surface area contributed by atoms with Crippen LogP contribution in [0.3, 0.4) is 0 Å². The van der Waals surface area contributed by atoms with Crippen molar-refractivity contribution >= 4 is 23.6 Å². The average molecular weight is 407 g/mol. The van der Waals surface area contributed by atoms with Gasteiger partial charge in [0.15, 0.2) is 0 Å². The molecule has 0 saturated heterocycles. The number of urea groups is 1. The normalized spacial score (nSPS) is 11.3. The fourth-order valence-corrected chi connectivity index (χ4v) is 2.44. The standard InChI is InChI=1S/C21H34N4O4/c1-15(2)22-20(28)23-17-10-8-9-16(13-17)19(27)25(12-11-24(6)7)14-18(26)29-21(3,4)5/h8-10,13,15H,11-12,14H2,1-7H3,(H2,22,23,28). The average Bonchev–Trinajstić information content (AvgIpc) is 2.55. The van der Waals surface area contributed by atoms with Crippen molar-refractivity contribution in [2.24, 2.45) is 0 Å². The van der Waals surface area contributed by atoms with Gasteiger partial charge < -0.3 is 25.2 Å². The largest absolute Gasteiger partial charge is 0.459 e. The molecule has 0 aliphatic carbocycles. The van der Waals surface area contributed by atoms with Gasteiger partial charge in [0.05, 0.1) is 0 Å². The number of carbonyl (C=O) groups excluding carboxylic acids is 3. The van der Waals surface area contributed by atoms with E-state index in [0.29, 0.717) is 24.3 Å². The fourth-order valence-electron chi connectivity index (χ4n) is 2.44. The van der Waals surface area contributed by atoms with Crippen LogP contribution in [-0.4, -0.2) is 73.1 Å². The van der Waals surface area contributed by atoms with Gasteiger partial charge in [-0.2, -0.15) is 0 Å². The van der Waals surface area contributed by atoms with E-state index in [1.54, 1.807) is 45.0 Å². The Balaban J connectivity index is 2.95. The van der Waals surface area contributed by atoms with Crippen LogP contribution >= 0.6 is 0 Å². The molecule has 1 aromatic rings. The molecule has 0 aromatic heterocycles. The van der Waals surface area contributed by atoms with Crippen LogP contribution in [0.4, 0.5) is 10.5 Å². The number of carbonyl (C=O) groups is 3. The van der Waals surface area contributed by atoms with Crippen molar-refractivity contribution in [3.05, 3.63) is 29.8 Å². The quantitative estimate of drug-likeness (QED) is 0.648.